The number of nitrogens with one attached hydrogen (secondary N) is 1. The van der Waals surface area contributed by atoms with E-state index in [9.17, 15) is 0 Å². The highest BCUT2D eigenvalue weighted by atomic mass is 14.9. The van der Waals surface area contributed by atoms with Gasteiger partial charge in [-0.1, -0.05) is 32.4 Å². The lowest BCUT2D eigenvalue weighted by atomic mass is 9.71. The van der Waals surface area contributed by atoms with Gasteiger partial charge in [-0.25, -0.2) is 0 Å². The maximum absolute atomic E-state index is 3.54. The Morgan fingerprint density at radius 1 is 1.38 bits per heavy atom. The van der Waals surface area contributed by atoms with Gasteiger partial charge in [-0.05, 0) is 56.4 Å². The summed E-state index contributed by atoms with van der Waals surface area (Å²) in [5.41, 5.74) is 1.78. The van der Waals surface area contributed by atoms with Crippen LogP contribution in [0.3, 0.4) is 0 Å². The van der Waals surface area contributed by atoms with E-state index in [4.69, 9.17) is 0 Å². The van der Waals surface area contributed by atoms with Crippen molar-refractivity contribution in [3.05, 3.63) is 11.6 Å². The summed E-state index contributed by atoms with van der Waals surface area (Å²) in [5, 5.41) is 3.54. The SMILES string of the molecule is CC/C=C1/CC2CC(CCNC(C)C)CC12. The molecular weight excluding hydrogens is 194 g/mol. The Hall–Kier alpha value is -0.300. The van der Waals surface area contributed by atoms with E-state index in [0.717, 1.165) is 17.8 Å². The van der Waals surface area contributed by atoms with Crippen LogP contribution >= 0.6 is 0 Å². The first-order valence-corrected chi connectivity index (χ1v) is 7.13. The molecule has 16 heavy (non-hydrogen) atoms. The molecule has 0 aromatic heterocycles. The smallest absolute Gasteiger partial charge is 0.00103 e. The van der Waals surface area contributed by atoms with Gasteiger partial charge in [0, 0.05) is 6.04 Å². The molecule has 0 heterocycles. The van der Waals surface area contributed by atoms with Crippen molar-refractivity contribution >= 4 is 0 Å². The van der Waals surface area contributed by atoms with Crippen LogP contribution in [0.15, 0.2) is 11.6 Å². The molecule has 3 atom stereocenters. The largest absolute Gasteiger partial charge is 0.315 e. The van der Waals surface area contributed by atoms with Crippen LogP contribution in [0.5, 0.6) is 0 Å². The van der Waals surface area contributed by atoms with Gasteiger partial charge in [0.05, 0.1) is 0 Å². The number of rotatable bonds is 5. The molecule has 2 aliphatic carbocycles. The number of allylic oxidation sites excluding steroid dienone is 2. The van der Waals surface area contributed by atoms with Crippen LogP contribution in [0.4, 0.5) is 0 Å². The topological polar surface area (TPSA) is 12.0 Å². The van der Waals surface area contributed by atoms with Gasteiger partial charge in [0.1, 0.15) is 0 Å². The molecule has 3 unspecified atom stereocenters. The molecule has 0 aromatic carbocycles. The van der Waals surface area contributed by atoms with Crippen molar-refractivity contribution < 1.29 is 0 Å². The fourth-order valence-corrected chi connectivity index (χ4v) is 3.52. The molecule has 2 aliphatic rings. The molecule has 0 spiro atoms. The van der Waals surface area contributed by atoms with Crippen LogP contribution in [-0.2, 0) is 0 Å². The predicted molar refractivity (Wildman–Crippen MR) is 70.5 cm³/mol. The van der Waals surface area contributed by atoms with Crippen LogP contribution in [0.2, 0.25) is 0 Å². The number of fused-ring (bicyclic) bond motifs is 1. The second kappa shape index (κ2) is 5.35. The molecule has 0 radical (unpaired) electrons. The first-order valence-electron chi connectivity index (χ1n) is 7.13. The average Bonchev–Trinajstić information content (AvgIpc) is 2.52. The van der Waals surface area contributed by atoms with Crippen molar-refractivity contribution in [1.29, 1.82) is 0 Å². The zero-order valence-corrected chi connectivity index (χ0v) is 11.1. The lowest BCUT2D eigenvalue weighted by molar-refractivity contribution is 0.324. The molecule has 1 nitrogen and oxygen atoms in total. The molecule has 0 aromatic rings. The van der Waals surface area contributed by atoms with Crippen LogP contribution in [0, 0.1) is 17.8 Å². The van der Waals surface area contributed by atoms with E-state index in [2.05, 4.69) is 32.2 Å². The normalized spacial score (nSPS) is 35.5. The Kier molecular flexibility index (Phi) is 4.07. The molecule has 1 N–H and O–H groups in total. The van der Waals surface area contributed by atoms with Gasteiger partial charge in [-0.2, -0.15) is 0 Å². The van der Waals surface area contributed by atoms with Gasteiger partial charge in [0.15, 0.2) is 0 Å². The lowest BCUT2D eigenvalue weighted by Crippen LogP contribution is -2.24. The van der Waals surface area contributed by atoms with Crippen molar-refractivity contribution in [3.63, 3.8) is 0 Å². The molecule has 0 aliphatic heterocycles. The van der Waals surface area contributed by atoms with Crippen molar-refractivity contribution in [2.75, 3.05) is 6.54 Å². The molecule has 0 saturated heterocycles. The van der Waals surface area contributed by atoms with Gasteiger partial charge in [0.25, 0.3) is 0 Å². The summed E-state index contributed by atoms with van der Waals surface area (Å²) in [6.07, 6.45) is 9.52. The fraction of sp³-hybridized carbons (Fsp3) is 0.867. The van der Waals surface area contributed by atoms with E-state index in [1.807, 2.05) is 0 Å². The van der Waals surface area contributed by atoms with E-state index >= 15 is 0 Å². The van der Waals surface area contributed by atoms with E-state index in [-0.39, 0.29) is 0 Å². The van der Waals surface area contributed by atoms with Crippen molar-refractivity contribution in [2.45, 2.75) is 58.9 Å². The Balaban J connectivity index is 1.70. The van der Waals surface area contributed by atoms with Crippen molar-refractivity contribution in [1.82, 2.24) is 5.32 Å². The highest BCUT2D eigenvalue weighted by Gasteiger charge is 2.43. The number of hydrogen-bond donors (Lipinski definition) is 1. The molecule has 0 bridgehead atoms. The van der Waals surface area contributed by atoms with Gasteiger partial charge in [-0.15, -0.1) is 0 Å². The zero-order chi connectivity index (χ0) is 11.5. The summed E-state index contributed by atoms with van der Waals surface area (Å²) in [6.45, 7) is 7.95. The van der Waals surface area contributed by atoms with Gasteiger partial charge < -0.3 is 5.32 Å². The van der Waals surface area contributed by atoms with Crippen molar-refractivity contribution in [3.8, 4) is 0 Å². The highest BCUT2D eigenvalue weighted by Crippen LogP contribution is 2.53. The lowest BCUT2D eigenvalue weighted by Gasteiger charge is -2.34. The maximum atomic E-state index is 3.54. The molecular formula is C15H27N. The summed E-state index contributed by atoms with van der Waals surface area (Å²) >= 11 is 0. The third-order valence-corrected chi connectivity index (χ3v) is 4.34. The Morgan fingerprint density at radius 3 is 2.88 bits per heavy atom. The Bertz CT molecular complexity index is 254. The van der Waals surface area contributed by atoms with Gasteiger partial charge >= 0.3 is 0 Å². The first-order chi connectivity index (χ1) is 7.70. The molecule has 92 valence electrons. The second-order valence-electron chi connectivity index (χ2n) is 5.99. The van der Waals surface area contributed by atoms with E-state index in [1.54, 1.807) is 5.57 Å². The van der Waals surface area contributed by atoms with Gasteiger partial charge in [0.2, 0.25) is 0 Å². The second-order valence-corrected chi connectivity index (χ2v) is 5.99. The zero-order valence-electron chi connectivity index (χ0n) is 11.1. The Morgan fingerprint density at radius 2 is 2.19 bits per heavy atom. The standard InChI is InChI=1S/C15H27N/c1-4-5-13-10-14-8-12(9-15(13)14)6-7-16-11(2)3/h5,11-12,14-16H,4,6-10H2,1-3H3/b13-5-. The minimum Gasteiger partial charge on any atom is -0.315 e. The summed E-state index contributed by atoms with van der Waals surface area (Å²) in [5.74, 6) is 3.05. The summed E-state index contributed by atoms with van der Waals surface area (Å²) in [4.78, 5) is 0. The Labute approximate surface area is 101 Å². The van der Waals surface area contributed by atoms with Crippen LogP contribution < -0.4 is 5.32 Å². The monoisotopic (exact) mass is 221 g/mol. The molecule has 0 amide bonds. The molecule has 2 rings (SSSR count). The minimum absolute atomic E-state index is 0.647. The van der Waals surface area contributed by atoms with Crippen LogP contribution in [-0.4, -0.2) is 12.6 Å². The molecule has 2 saturated carbocycles. The van der Waals surface area contributed by atoms with E-state index < -0.39 is 0 Å². The molecule has 1 heteroatoms. The summed E-state index contributed by atoms with van der Waals surface area (Å²) in [7, 11) is 0. The average molecular weight is 221 g/mol. The van der Waals surface area contributed by atoms with E-state index in [1.165, 1.54) is 38.6 Å². The third kappa shape index (κ3) is 2.68. The summed E-state index contributed by atoms with van der Waals surface area (Å²) < 4.78 is 0. The minimum atomic E-state index is 0.647. The first kappa shape index (κ1) is 12.2. The quantitative estimate of drug-likeness (QED) is 0.697. The van der Waals surface area contributed by atoms with Gasteiger partial charge in [-0.3, -0.25) is 0 Å². The highest BCUT2D eigenvalue weighted by molar-refractivity contribution is 5.21. The fourth-order valence-electron chi connectivity index (χ4n) is 3.52. The third-order valence-electron chi connectivity index (χ3n) is 4.34. The van der Waals surface area contributed by atoms with E-state index in [0.29, 0.717) is 6.04 Å². The maximum Gasteiger partial charge on any atom is 0.00103 e. The van der Waals surface area contributed by atoms with Crippen LogP contribution in [0.1, 0.15) is 52.9 Å². The van der Waals surface area contributed by atoms with Crippen molar-refractivity contribution in [2.24, 2.45) is 17.8 Å². The number of hydrogen-bond acceptors (Lipinski definition) is 1. The van der Waals surface area contributed by atoms with Crippen LogP contribution in [0.25, 0.3) is 0 Å². The predicted octanol–water partition coefficient (Wildman–Crippen LogP) is 3.76. The molecule has 2 fully saturated rings. The summed E-state index contributed by atoms with van der Waals surface area (Å²) in [6, 6.07) is 0.647.